The van der Waals surface area contributed by atoms with Crippen LogP contribution in [0.25, 0.3) is 6.08 Å². The molecular formula is C20H17N3O4S. The highest BCUT2D eigenvalue weighted by Crippen LogP contribution is 2.22. The Hall–Kier alpha value is -3.52. The second-order valence-electron chi connectivity index (χ2n) is 5.98. The molecule has 0 atom stereocenters. The van der Waals surface area contributed by atoms with Crippen LogP contribution in [0.15, 0.2) is 54.1 Å². The minimum atomic E-state index is -0.596. The molecule has 2 aromatic rings. The third kappa shape index (κ3) is 4.60. The monoisotopic (exact) mass is 395 g/mol. The van der Waals surface area contributed by atoms with Crippen molar-refractivity contribution in [2.45, 2.75) is 6.92 Å². The van der Waals surface area contributed by atoms with E-state index in [1.165, 1.54) is 6.08 Å². The smallest absolute Gasteiger partial charge is 0.263 e. The molecule has 0 aliphatic carbocycles. The predicted octanol–water partition coefficient (Wildman–Crippen LogP) is 1.93. The fourth-order valence-electron chi connectivity index (χ4n) is 2.54. The highest BCUT2D eigenvalue weighted by atomic mass is 32.1. The van der Waals surface area contributed by atoms with Crippen molar-refractivity contribution in [3.8, 4) is 5.75 Å². The number of rotatable bonds is 5. The van der Waals surface area contributed by atoms with Crippen LogP contribution >= 0.6 is 12.2 Å². The van der Waals surface area contributed by atoms with Crippen LogP contribution in [0.1, 0.15) is 11.1 Å². The Bertz CT molecular complexity index is 978. The Kier molecular flexibility index (Phi) is 5.81. The molecular weight excluding hydrogens is 378 g/mol. The van der Waals surface area contributed by atoms with Gasteiger partial charge in [0.25, 0.3) is 17.7 Å². The van der Waals surface area contributed by atoms with Crippen molar-refractivity contribution in [3.63, 3.8) is 0 Å². The van der Waals surface area contributed by atoms with E-state index >= 15 is 0 Å². The molecule has 7 nitrogen and oxygen atoms in total. The van der Waals surface area contributed by atoms with Crippen molar-refractivity contribution >= 4 is 46.8 Å². The molecule has 1 heterocycles. The van der Waals surface area contributed by atoms with Gasteiger partial charge in [-0.25, -0.2) is 0 Å². The highest BCUT2D eigenvalue weighted by Gasteiger charge is 2.26. The molecule has 8 heteroatoms. The summed E-state index contributed by atoms with van der Waals surface area (Å²) >= 11 is 4.78. The number of hydrogen-bond acceptors (Lipinski definition) is 5. The third-order valence-electron chi connectivity index (χ3n) is 3.94. The molecule has 0 spiro atoms. The summed E-state index contributed by atoms with van der Waals surface area (Å²) in [6.07, 6.45) is 1.39. The lowest BCUT2D eigenvalue weighted by atomic mass is 10.1. The van der Waals surface area contributed by atoms with E-state index in [0.29, 0.717) is 17.0 Å². The van der Waals surface area contributed by atoms with Crippen LogP contribution in [0.2, 0.25) is 0 Å². The zero-order valence-corrected chi connectivity index (χ0v) is 15.8. The van der Waals surface area contributed by atoms with Crippen LogP contribution in [-0.2, 0) is 14.4 Å². The van der Waals surface area contributed by atoms with Crippen molar-refractivity contribution < 1.29 is 19.1 Å². The van der Waals surface area contributed by atoms with E-state index < -0.39 is 11.8 Å². The summed E-state index contributed by atoms with van der Waals surface area (Å²) in [5.41, 5.74) is 2.03. The van der Waals surface area contributed by atoms with Crippen LogP contribution in [0.4, 0.5) is 5.69 Å². The quantitative estimate of drug-likeness (QED) is 0.408. The van der Waals surface area contributed by atoms with Gasteiger partial charge < -0.3 is 10.1 Å². The number of ether oxygens (including phenoxy) is 1. The van der Waals surface area contributed by atoms with Crippen molar-refractivity contribution in [2.75, 3.05) is 11.9 Å². The first-order valence-corrected chi connectivity index (χ1v) is 8.80. The highest BCUT2D eigenvalue weighted by molar-refractivity contribution is 7.80. The summed E-state index contributed by atoms with van der Waals surface area (Å²) in [7, 11) is 0. The number of aryl methyl sites for hydroxylation is 1. The molecule has 1 fully saturated rings. The van der Waals surface area contributed by atoms with E-state index in [-0.39, 0.29) is 23.2 Å². The maximum Gasteiger partial charge on any atom is 0.263 e. The largest absolute Gasteiger partial charge is 0.483 e. The van der Waals surface area contributed by atoms with Gasteiger partial charge in [-0.2, -0.15) is 0 Å². The number of amides is 3. The number of nitrogens with one attached hydrogen (secondary N) is 3. The summed E-state index contributed by atoms with van der Waals surface area (Å²) in [6, 6.07) is 14.2. The Balaban J connectivity index is 1.72. The molecule has 0 unspecified atom stereocenters. The summed E-state index contributed by atoms with van der Waals surface area (Å²) in [5.74, 6) is -1.15. The van der Waals surface area contributed by atoms with Gasteiger partial charge in [0.2, 0.25) is 0 Å². The van der Waals surface area contributed by atoms with Gasteiger partial charge in [-0.1, -0.05) is 36.4 Å². The summed E-state index contributed by atoms with van der Waals surface area (Å²) in [4.78, 5) is 36.2. The van der Waals surface area contributed by atoms with Crippen molar-refractivity contribution in [2.24, 2.45) is 0 Å². The first kappa shape index (κ1) is 19.2. The van der Waals surface area contributed by atoms with Crippen LogP contribution in [0, 0.1) is 6.92 Å². The molecule has 0 saturated carbocycles. The van der Waals surface area contributed by atoms with E-state index in [2.05, 4.69) is 16.0 Å². The van der Waals surface area contributed by atoms with Gasteiger partial charge in [-0.05, 0) is 42.9 Å². The second kappa shape index (κ2) is 8.45. The van der Waals surface area contributed by atoms with Gasteiger partial charge in [-0.15, -0.1) is 0 Å². The predicted molar refractivity (Wildman–Crippen MR) is 109 cm³/mol. The van der Waals surface area contributed by atoms with Gasteiger partial charge >= 0.3 is 0 Å². The molecule has 2 aromatic carbocycles. The van der Waals surface area contributed by atoms with Gasteiger partial charge in [-0.3, -0.25) is 25.0 Å². The fraction of sp³-hybridized carbons (Fsp3) is 0.100. The Labute approximate surface area is 166 Å². The van der Waals surface area contributed by atoms with Crippen molar-refractivity contribution in [1.82, 2.24) is 10.6 Å². The second-order valence-corrected chi connectivity index (χ2v) is 6.39. The summed E-state index contributed by atoms with van der Waals surface area (Å²) in [6.45, 7) is 1.67. The zero-order valence-electron chi connectivity index (χ0n) is 14.9. The normalized spacial score (nSPS) is 13.5. The molecule has 3 rings (SSSR count). The van der Waals surface area contributed by atoms with E-state index in [4.69, 9.17) is 17.0 Å². The first-order valence-electron chi connectivity index (χ1n) is 8.39. The number of carbonyl (C=O) groups excluding carboxylic acids is 3. The van der Waals surface area contributed by atoms with E-state index in [1.807, 2.05) is 25.1 Å². The van der Waals surface area contributed by atoms with Gasteiger partial charge in [0.05, 0.1) is 0 Å². The summed E-state index contributed by atoms with van der Waals surface area (Å²) < 4.78 is 5.60. The van der Waals surface area contributed by atoms with Crippen molar-refractivity contribution in [1.29, 1.82) is 0 Å². The van der Waals surface area contributed by atoms with Crippen LogP contribution < -0.4 is 20.7 Å². The number of carbonyl (C=O) groups is 3. The standard InChI is InChI=1S/C20H17N3O4S/c1-12-6-2-4-8-15(12)21-17(24)11-27-16-9-5-3-7-13(16)10-14-18(25)22-20(28)23-19(14)26/h2-10H,11H2,1H3,(H,21,24)(H2,22,23,25,26,28). The number of anilines is 1. The third-order valence-corrected chi connectivity index (χ3v) is 4.14. The van der Waals surface area contributed by atoms with Crippen LogP contribution in [0.5, 0.6) is 5.75 Å². The fourth-order valence-corrected chi connectivity index (χ4v) is 2.72. The van der Waals surface area contributed by atoms with Crippen LogP contribution in [-0.4, -0.2) is 29.4 Å². The lowest BCUT2D eigenvalue weighted by Crippen LogP contribution is -2.51. The summed E-state index contributed by atoms with van der Waals surface area (Å²) in [5, 5.41) is 7.48. The molecule has 142 valence electrons. The minimum absolute atomic E-state index is 0.0374. The lowest BCUT2D eigenvalue weighted by molar-refractivity contribution is -0.123. The number of benzene rings is 2. The molecule has 28 heavy (non-hydrogen) atoms. The topological polar surface area (TPSA) is 96.5 Å². The zero-order chi connectivity index (χ0) is 20.1. The molecule has 3 amide bonds. The van der Waals surface area contributed by atoms with Gasteiger partial charge in [0.1, 0.15) is 11.3 Å². The molecule has 3 N–H and O–H groups in total. The molecule has 1 aliphatic heterocycles. The average Bonchev–Trinajstić information content (AvgIpc) is 2.65. The number of hydrogen-bond donors (Lipinski definition) is 3. The Morgan fingerprint density at radius 1 is 1.07 bits per heavy atom. The van der Waals surface area contributed by atoms with E-state index in [9.17, 15) is 14.4 Å². The lowest BCUT2D eigenvalue weighted by Gasteiger charge is -2.17. The molecule has 1 saturated heterocycles. The molecule has 1 aliphatic rings. The average molecular weight is 395 g/mol. The van der Waals surface area contributed by atoms with E-state index in [1.54, 1.807) is 30.3 Å². The molecule has 0 bridgehead atoms. The maximum absolute atomic E-state index is 12.2. The first-order chi connectivity index (χ1) is 13.4. The minimum Gasteiger partial charge on any atom is -0.483 e. The molecule has 0 aromatic heterocycles. The van der Waals surface area contributed by atoms with Crippen LogP contribution in [0.3, 0.4) is 0 Å². The maximum atomic E-state index is 12.2. The number of para-hydroxylation sites is 2. The molecule has 0 radical (unpaired) electrons. The van der Waals surface area contributed by atoms with E-state index in [0.717, 1.165) is 5.56 Å². The van der Waals surface area contributed by atoms with Gasteiger partial charge in [0.15, 0.2) is 11.7 Å². The SMILES string of the molecule is Cc1ccccc1NC(=O)COc1ccccc1C=C1C(=O)NC(=S)NC1=O. The Morgan fingerprint density at radius 3 is 2.43 bits per heavy atom. The van der Waals surface area contributed by atoms with Gasteiger partial charge in [0, 0.05) is 11.3 Å². The number of thiocarbonyl (C=S) groups is 1. The Morgan fingerprint density at radius 2 is 1.71 bits per heavy atom. The van der Waals surface area contributed by atoms with Crippen molar-refractivity contribution in [3.05, 3.63) is 65.2 Å².